The summed E-state index contributed by atoms with van der Waals surface area (Å²) in [6.45, 7) is 8.04. The lowest BCUT2D eigenvalue weighted by Gasteiger charge is -2.10. The van der Waals surface area contributed by atoms with Gasteiger partial charge in [-0.25, -0.2) is 0 Å². The van der Waals surface area contributed by atoms with Gasteiger partial charge in [-0.1, -0.05) is 47.0 Å². The van der Waals surface area contributed by atoms with Gasteiger partial charge in [0.15, 0.2) is 0 Å². The zero-order chi connectivity index (χ0) is 18.8. The monoisotopic (exact) mass is 348 g/mol. The van der Waals surface area contributed by atoms with Crippen LogP contribution in [0.1, 0.15) is 105 Å². The van der Waals surface area contributed by atoms with Crippen LogP contribution in [0, 0.1) is 0 Å². The second-order valence-electron chi connectivity index (χ2n) is 6.84. The fraction of sp³-hybridized carbons (Fsp3) is 1.00. The molecule has 4 nitrogen and oxygen atoms in total. The number of hydrogen-bond acceptors (Lipinski definition) is 4. The first kappa shape index (κ1) is 26.1. The van der Waals surface area contributed by atoms with Gasteiger partial charge in [-0.3, -0.25) is 0 Å². The molecule has 4 unspecified atom stereocenters. The Hall–Kier alpha value is -0.160. The summed E-state index contributed by atoms with van der Waals surface area (Å²) >= 11 is 0. The van der Waals surface area contributed by atoms with Crippen LogP contribution in [0.2, 0.25) is 0 Å². The van der Waals surface area contributed by atoms with Crippen LogP contribution in [0.15, 0.2) is 0 Å². The molecule has 4 atom stereocenters. The minimum absolute atomic E-state index is 0.135. The minimum atomic E-state index is -0.168. The smallest absolute Gasteiger partial charge is 0.0540 e. The molecule has 0 fully saturated rings. The summed E-state index contributed by atoms with van der Waals surface area (Å²) in [6, 6.07) is 0. The molecule has 0 bridgehead atoms. The molecule has 4 N–H and O–H groups in total. The van der Waals surface area contributed by atoms with E-state index < -0.39 is 0 Å². The number of hydrogen-bond donors (Lipinski definition) is 4. The number of unbranched alkanes of at least 4 members (excludes halogenated alkanes) is 1. The molecule has 0 heterocycles. The highest BCUT2D eigenvalue weighted by atomic mass is 16.3. The Balaban J connectivity index is 0. The molecule has 24 heavy (non-hydrogen) atoms. The molecule has 0 spiro atoms. The van der Waals surface area contributed by atoms with E-state index in [1.165, 1.54) is 0 Å². The van der Waals surface area contributed by atoms with Crippen molar-refractivity contribution in [2.75, 3.05) is 0 Å². The van der Waals surface area contributed by atoms with Crippen LogP contribution in [-0.4, -0.2) is 44.8 Å². The topological polar surface area (TPSA) is 80.9 Å². The predicted octanol–water partition coefficient (Wildman–Crippen LogP) is 4.18. The van der Waals surface area contributed by atoms with Crippen molar-refractivity contribution in [1.82, 2.24) is 0 Å². The summed E-state index contributed by atoms with van der Waals surface area (Å²) in [6.07, 6.45) is 10.3. The van der Waals surface area contributed by atoms with Crippen LogP contribution in [0.25, 0.3) is 0 Å². The number of aliphatic hydroxyl groups excluding tert-OH is 4. The van der Waals surface area contributed by atoms with Crippen LogP contribution in [0.3, 0.4) is 0 Å². The van der Waals surface area contributed by atoms with E-state index in [9.17, 15) is 20.4 Å². The first-order valence-electron chi connectivity index (χ1n) is 10.1. The Labute approximate surface area is 150 Å². The molecule has 0 radical (unpaired) electrons. The fourth-order valence-corrected chi connectivity index (χ4v) is 2.44. The van der Waals surface area contributed by atoms with Gasteiger partial charge in [0.1, 0.15) is 0 Å². The molecule has 0 aromatic carbocycles. The summed E-state index contributed by atoms with van der Waals surface area (Å²) in [5.74, 6) is 0. The van der Waals surface area contributed by atoms with Gasteiger partial charge in [-0.2, -0.15) is 0 Å². The highest BCUT2D eigenvalue weighted by Gasteiger charge is 2.05. The van der Waals surface area contributed by atoms with Crippen molar-refractivity contribution >= 4 is 0 Å². The highest BCUT2D eigenvalue weighted by molar-refractivity contribution is 4.58. The standard InChI is InChI=1S/2C10H22O2/c1-3-9(11)7-5-6-8-10(12)4-2;1-3-6-10(12)8-5-7-9(11)4-2/h2*9-12H,3-8H2,1-2H3. The predicted molar refractivity (Wildman–Crippen MR) is 102 cm³/mol. The van der Waals surface area contributed by atoms with Gasteiger partial charge in [-0.15, -0.1) is 0 Å². The second kappa shape index (κ2) is 19.2. The maximum Gasteiger partial charge on any atom is 0.0540 e. The minimum Gasteiger partial charge on any atom is -0.393 e. The summed E-state index contributed by atoms with van der Waals surface area (Å²) in [4.78, 5) is 0. The van der Waals surface area contributed by atoms with E-state index in [4.69, 9.17) is 0 Å². The lowest BCUT2D eigenvalue weighted by molar-refractivity contribution is 0.126. The van der Waals surface area contributed by atoms with E-state index >= 15 is 0 Å². The van der Waals surface area contributed by atoms with Gasteiger partial charge in [0.2, 0.25) is 0 Å². The third kappa shape index (κ3) is 19.9. The van der Waals surface area contributed by atoms with Gasteiger partial charge in [0.05, 0.1) is 24.4 Å². The van der Waals surface area contributed by atoms with E-state index in [0.29, 0.717) is 0 Å². The molecule has 148 valence electrons. The molecule has 0 aromatic rings. The number of rotatable bonds is 14. The molecule has 0 aromatic heterocycles. The van der Waals surface area contributed by atoms with Crippen LogP contribution in [0.4, 0.5) is 0 Å². The maximum absolute atomic E-state index is 9.35. The summed E-state index contributed by atoms with van der Waals surface area (Å²) in [5.41, 5.74) is 0. The third-order valence-electron chi connectivity index (χ3n) is 4.44. The normalized spacial score (nSPS) is 16.0. The van der Waals surface area contributed by atoms with Crippen molar-refractivity contribution in [3.05, 3.63) is 0 Å². The average molecular weight is 349 g/mol. The van der Waals surface area contributed by atoms with E-state index in [-0.39, 0.29) is 24.4 Å². The van der Waals surface area contributed by atoms with Crippen molar-refractivity contribution in [1.29, 1.82) is 0 Å². The quantitative estimate of drug-likeness (QED) is 0.355. The summed E-state index contributed by atoms with van der Waals surface area (Å²) in [7, 11) is 0. The zero-order valence-electron chi connectivity index (χ0n) is 16.6. The maximum atomic E-state index is 9.35. The van der Waals surface area contributed by atoms with Crippen molar-refractivity contribution < 1.29 is 20.4 Å². The molecule has 0 rings (SSSR count). The molecule has 0 saturated carbocycles. The average Bonchev–Trinajstić information content (AvgIpc) is 2.58. The number of aliphatic hydroxyl groups is 4. The fourth-order valence-electron chi connectivity index (χ4n) is 2.44. The van der Waals surface area contributed by atoms with E-state index in [1.54, 1.807) is 0 Å². The Morgan fingerprint density at radius 2 is 0.792 bits per heavy atom. The molecule has 0 aliphatic heterocycles. The molecule has 4 heteroatoms. The molecule has 0 aliphatic carbocycles. The Kier molecular flexibility index (Phi) is 20.8. The van der Waals surface area contributed by atoms with Crippen LogP contribution in [-0.2, 0) is 0 Å². The summed E-state index contributed by atoms with van der Waals surface area (Å²) in [5, 5.41) is 37.0. The van der Waals surface area contributed by atoms with Crippen molar-refractivity contribution in [2.45, 2.75) is 129 Å². The van der Waals surface area contributed by atoms with Crippen LogP contribution in [0.5, 0.6) is 0 Å². The lowest BCUT2D eigenvalue weighted by Crippen LogP contribution is -2.09. The van der Waals surface area contributed by atoms with Gasteiger partial charge < -0.3 is 20.4 Å². The first-order valence-corrected chi connectivity index (χ1v) is 10.1. The SMILES string of the molecule is CCC(O)CCCCC(O)CC.CCCC(O)CCCC(O)CC. The van der Waals surface area contributed by atoms with Gasteiger partial charge in [0.25, 0.3) is 0 Å². The van der Waals surface area contributed by atoms with E-state index in [2.05, 4.69) is 6.92 Å². The third-order valence-corrected chi connectivity index (χ3v) is 4.44. The summed E-state index contributed by atoms with van der Waals surface area (Å²) < 4.78 is 0. The molecular weight excluding hydrogens is 304 g/mol. The molecule has 0 saturated heterocycles. The van der Waals surface area contributed by atoms with Crippen LogP contribution < -0.4 is 0 Å². The van der Waals surface area contributed by atoms with Gasteiger partial charge in [-0.05, 0) is 57.8 Å². The zero-order valence-corrected chi connectivity index (χ0v) is 16.6. The highest BCUT2D eigenvalue weighted by Crippen LogP contribution is 2.10. The Bertz CT molecular complexity index is 224. The van der Waals surface area contributed by atoms with Crippen molar-refractivity contribution in [2.24, 2.45) is 0 Å². The van der Waals surface area contributed by atoms with E-state index in [1.807, 2.05) is 20.8 Å². The van der Waals surface area contributed by atoms with Gasteiger partial charge >= 0.3 is 0 Å². The largest absolute Gasteiger partial charge is 0.393 e. The first-order chi connectivity index (χ1) is 11.4. The van der Waals surface area contributed by atoms with Gasteiger partial charge in [0, 0.05) is 0 Å². The molecular formula is C20H44O4. The van der Waals surface area contributed by atoms with Crippen molar-refractivity contribution in [3.63, 3.8) is 0 Å². The second-order valence-corrected chi connectivity index (χ2v) is 6.84. The lowest BCUT2D eigenvalue weighted by atomic mass is 10.0. The Morgan fingerprint density at radius 3 is 1.12 bits per heavy atom. The van der Waals surface area contributed by atoms with Crippen LogP contribution >= 0.6 is 0 Å². The van der Waals surface area contributed by atoms with E-state index in [0.717, 1.165) is 77.0 Å². The van der Waals surface area contributed by atoms with Crippen molar-refractivity contribution in [3.8, 4) is 0 Å². The Morgan fingerprint density at radius 1 is 0.458 bits per heavy atom. The molecule has 0 amide bonds. The molecule has 0 aliphatic rings.